The van der Waals surface area contributed by atoms with E-state index in [9.17, 15) is 18.0 Å². The molecule has 1 saturated carbocycles. The molecule has 1 spiro atoms. The van der Waals surface area contributed by atoms with Gasteiger partial charge in [0.25, 0.3) is 15.9 Å². The van der Waals surface area contributed by atoms with Gasteiger partial charge >= 0.3 is 6.09 Å². The molecule has 2 bridgehead atoms. The van der Waals surface area contributed by atoms with Crippen LogP contribution in [-0.2, 0) is 36.1 Å². The maximum atomic E-state index is 13.6. The summed E-state index contributed by atoms with van der Waals surface area (Å²) in [4.78, 5) is 32.7. The number of aryl methyl sites for hydroxylation is 1. The van der Waals surface area contributed by atoms with E-state index in [0.29, 0.717) is 55.3 Å². The number of anilines is 1. The lowest BCUT2D eigenvalue weighted by Gasteiger charge is -2.47. The average molecular weight is 727 g/mol. The average Bonchev–Trinajstić information content (AvgIpc) is 3.16. The second-order valence-corrected chi connectivity index (χ2v) is 17.4. The molecule has 50 heavy (non-hydrogen) atoms. The quantitative estimate of drug-likeness (QED) is 0.438. The predicted octanol–water partition coefficient (Wildman–Crippen LogP) is 4.76. The summed E-state index contributed by atoms with van der Waals surface area (Å²) in [6, 6.07) is 11.2. The molecule has 0 radical (unpaired) electrons. The molecule has 2 aromatic rings. The number of ether oxygens (including phenoxy) is 3. The largest absolute Gasteiger partial charge is 0.490 e. The van der Waals surface area contributed by atoms with Crippen LogP contribution in [0.4, 0.5) is 10.5 Å². The van der Waals surface area contributed by atoms with Crippen LogP contribution in [0.3, 0.4) is 0 Å². The minimum Gasteiger partial charge on any atom is -0.490 e. The molecule has 4 atom stereocenters. The Labute approximate surface area is 299 Å². The van der Waals surface area contributed by atoms with Gasteiger partial charge < -0.3 is 28.9 Å². The van der Waals surface area contributed by atoms with E-state index in [4.69, 9.17) is 25.8 Å². The van der Waals surface area contributed by atoms with Crippen LogP contribution >= 0.6 is 11.6 Å². The van der Waals surface area contributed by atoms with Gasteiger partial charge in [-0.2, -0.15) is 0 Å². The summed E-state index contributed by atoms with van der Waals surface area (Å²) < 4.78 is 48.2. The van der Waals surface area contributed by atoms with Gasteiger partial charge in [0.1, 0.15) is 17.5 Å². The van der Waals surface area contributed by atoms with Gasteiger partial charge in [0, 0.05) is 48.6 Å². The fourth-order valence-corrected chi connectivity index (χ4v) is 9.32. The number of hydrogen-bond donors (Lipinski definition) is 1. The van der Waals surface area contributed by atoms with Crippen molar-refractivity contribution in [1.29, 1.82) is 0 Å². The zero-order valence-corrected chi connectivity index (χ0v) is 30.8. The Morgan fingerprint density at radius 3 is 2.64 bits per heavy atom. The summed E-state index contributed by atoms with van der Waals surface area (Å²) in [5.41, 5.74) is 1.28. The number of nitrogens with one attached hydrogen (secondary N) is 1. The first kappa shape index (κ1) is 35.1. The van der Waals surface area contributed by atoms with E-state index in [2.05, 4.69) is 26.7 Å². The van der Waals surface area contributed by atoms with Crippen molar-refractivity contribution in [3.63, 3.8) is 0 Å². The number of hydrogen-bond acceptors (Lipinski definition) is 9. The van der Waals surface area contributed by atoms with Crippen LogP contribution in [0.15, 0.2) is 53.4 Å². The molecule has 0 unspecified atom stereocenters. The minimum atomic E-state index is -4.24. The van der Waals surface area contributed by atoms with Gasteiger partial charge in [-0.15, -0.1) is 0 Å². The second-order valence-electron chi connectivity index (χ2n) is 15.3. The van der Waals surface area contributed by atoms with E-state index in [0.717, 1.165) is 32.1 Å². The van der Waals surface area contributed by atoms with Crippen molar-refractivity contribution in [3.05, 3.63) is 64.7 Å². The van der Waals surface area contributed by atoms with Crippen LogP contribution < -0.4 is 14.4 Å². The van der Waals surface area contributed by atoms with Crippen molar-refractivity contribution in [2.45, 2.75) is 74.0 Å². The third-order valence-electron chi connectivity index (χ3n) is 11.4. The Morgan fingerprint density at radius 1 is 1.10 bits per heavy atom. The second kappa shape index (κ2) is 13.3. The molecule has 0 aromatic heterocycles. The molecule has 11 nitrogen and oxygen atoms in total. The molecule has 2 aliphatic carbocycles. The Kier molecular flexibility index (Phi) is 9.36. The van der Waals surface area contributed by atoms with Gasteiger partial charge in [-0.3, -0.25) is 4.79 Å². The summed E-state index contributed by atoms with van der Waals surface area (Å²) in [5.74, 6) is 0.000811. The Bertz CT molecular complexity index is 1790. The normalized spacial score (nSPS) is 29.7. The third kappa shape index (κ3) is 6.71. The van der Waals surface area contributed by atoms with E-state index in [-0.39, 0.29) is 34.8 Å². The number of rotatable bonds is 2. The number of carbonyl (C=O) groups is 2. The molecule has 2 amide bonds. The Hall–Kier alpha value is -3.32. The van der Waals surface area contributed by atoms with Crippen LogP contribution in [0.5, 0.6) is 5.75 Å². The summed E-state index contributed by atoms with van der Waals surface area (Å²) in [6.07, 6.45) is 7.43. The van der Waals surface area contributed by atoms with Crippen LogP contribution in [0.1, 0.15) is 50.7 Å². The van der Waals surface area contributed by atoms with Crippen molar-refractivity contribution in [1.82, 2.24) is 14.5 Å². The topological polar surface area (TPSA) is 118 Å². The van der Waals surface area contributed by atoms with Gasteiger partial charge in [0.15, 0.2) is 0 Å². The van der Waals surface area contributed by atoms with E-state index in [1.807, 2.05) is 26.2 Å². The van der Waals surface area contributed by atoms with Crippen molar-refractivity contribution >= 4 is 39.3 Å². The molecule has 5 aliphatic rings. The molecule has 270 valence electrons. The number of benzene rings is 2. The standard InChI is InChI=1S/C37H47ClN4O7S/c1-36(2)34(43)39-50(45,46)28-11-14-33-31(18-28)42(22-37(23-47-33)15-5-7-24-17-26(38)10-13-30(24)37)19-25-9-12-29(25)32(8-6-16-48-36)49-35(44)41-20-27(21-41)40(3)4/h6,8,10-11,13-14,17-18,25,27,29,32H,5,7,9,12,15-16,19-23H2,1-4H3,(H,39,43)/b8-6+/t25-,29+,32-,37-/m0/s1. The van der Waals surface area contributed by atoms with Crippen molar-refractivity contribution < 1.29 is 32.2 Å². The van der Waals surface area contributed by atoms with Gasteiger partial charge in [-0.1, -0.05) is 23.7 Å². The number of sulfonamides is 1. The van der Waals surface area contributed by atoms with E-state index in [1.54, 1.807) is 23.1 Å². The third-order valence-corrected chi connectivity index (χ3v) is 13.0. The summed E-state index contributed by atoms with van der Waals surface area (Å²) in [6.45, 7) is 5.97. The molecule has 13 heteroatoms. The lowest BCUT2D eigenvalue weighted by Crippen LogP contribution is -2.60. The highest BCUT2D eigenvalue weighted by molar-refractivity contribution is 7.90. The predicted molar refractivity (Wildman–Crippen MR) is 190 cm³/mol. The Balaban J connectivity index is 1.26. The number of amides is 2. The molecule has 2 fully saturated rings. The number of nitrogens with zero attached hydrogens (tertiary/aromatic N) is 3. The monoisotopic (exact) mass is 726 g/mol. The minimum absolute atomic E-state index is 0.0321. The number of fused-ring (bicyclic) bond motifs is 4. The van der Waals surface area contributed by atoms with Crippen LogP contribution in [-0.4, -0.2) is 101 Å². The smallest absolute Gasteiger partial charge is 0.410 e. The molecular formula is C37H47ClN4O7S. The van der Waals surface area contributed by atoms with Gasteiger partial charge in [-0.25, -0.2) is 17.9 Å². The van der Waals surface area contributed by atoms with Gasteiger partial charge in [0.05, 0.1) is 23.8 Å². The van der Waals surface area contributed by atoms with E-state index < -0.39 is 27.6 Å². The van der Waals surface area contributed by atoms with E-state index >= 15 is 0 Å². The molecule has 1 N–H and O–H groups in total. The molecule has 1 saturated heterocycles. The van der Waals surface area contributed by atoms with Crippen LogP contribution in [0.25, 0.3) is 0 Å². The molecule has 7 rings (SSSR count). The highest BCUT2D eigenvalue weighted by Gasteiger charge is 2.46. The van der Waals surface area contributed by atoms with Crippen molar-refractivity contribution in [2.24, 2.45) is 11.8 Å². The highest BCUT2D eigenvalue weighted by Crippen LogP contribution is 2.47. The SMILES string of the molecule is CN(C)C1CN(C(=O)O[C@H]2/C=C/COC(C)(C)C(=O)NS(=O)(=O)c3ccc4c(c3)N(C[C@@H]3CC[C@H]32)C[C@@]2(CCCc3cc(Cl)ccc32)CO4)C1. The summed E-state index contributed by atoms with van der Waals surface area (Å²) >= 11 is 6.44. The first-order valence-electron chi connectivity index (χ1n) is 17.6. The number of likely N-dealkylation sites (tertiary alicyclic amines) is 1. The number of carbonyl (C=O) groups excluding carboxylic acids is 2. The van der Waals surface area contributed by atoms with Crippen LogP contribution in [0, 0.1) is 11.8 Å². The molecular weight excluding hydrogens is 680 g/mol. The maximum Gasteiger partial charge on any atom is 0.410 e. The van der Waals surface area contributed by atoms with Gasteiger partial charge in [0.2, 0.25) is 0 Å². The summed E-state index contributed by atoms with van der Waals surface area (Å²) in [5, 5.41) is 0.704. The fourth-order valence-electron chi connectivity index (χ4n) is 8.00. The fraction of sp³-hybridized carbons (Fsp3) is 0.568. The molecule has 2 aromatic carbocycles. The zero-order valence-electron chi connectivity index (χ0n) is 29.2. The maximum absolute atomic E-state index is 13.6. The van der Waals surface area contributed by atoms with Crippen molar-refractivity contribution in [3.8, 4) is 5.75 Å². The lowest BCUT2D eigenvalue weighted by atomic mass is 9.68. The first-order valence-corrected chi connectivity index (χ1v) is 19.4. The Morgan fingerprint density at radius 2 is 1.90 bits per heavy atom. The number of halogens is 1. The zero-order chi connectivity index (χ0) is 35.4. The first-order chi connectivity index (χ1) is 23.7. The molecule has 3 aliphatic heterocycles. The van der Waals surface area contributed by atoms with Crippen LogP contribution in [0.2, 0.25) is 5.02 Å². The highest BCUT2D eigenvalue weighted by atomic mass is 35.5. The lowest BCUT2D eigenvalue weighted by molar-refractivity contribution is -0.139. The van der Waals surface area contributed by atoms with Gasteiger partial charge in [-0.05, 0) is 113 Å². The number of likely N-dealkylation sites (N-methyl/N-ethyl adjacent to an activating group) is 1. The molecule has 3 heterocycles. The van der Waals surface area contributed by atoms with Crippen molar-refractivity contribution in [2.75, 3.05) is 58.4 Å². The summed E-state index contributed by atoms with van der Waals surface area (Å²) in [7, 11) is -0.220. The van der Waals surface area contributed by atoms with E-state index in [1.165, 1.54) is 31.0 Å².